The van der Waals surface area contributed by atoms with Crippen molar-refractivity contribution in [3.63, 3.8) is 0 Å². The molecule has 3 saturated heterocycles. The van der Waals surface area contributed by atoms with Gasteiger partial charge in [-0.1, -0.05) is 0 Å². The quantitative estimate of drug-likeness (QED) is 0.481. The third-order valence-electron chi connectivity index (χ3n) is 4.08. The maximum Gasteiger partial charge on any atom is 0.407 e. The van der Waals surface area contributed by atoms with Gasteiger partial charge < -0.3 is 14.9 Å². The minimum Gasteiger partial charge on any atom is -0.465 e. The molecule has 94 valence electrons. The van der Waals surface area contributed by atoms with Crippen molar-refractivity contribution in [3.8, 4) is 12.3 Å². The van der Waals surface area contributed by atoms with E-state index in [0.29, 0.717) is 6.42 Å². The molecular formula is C11H11N3O4. The highest BCUT2D eigenvalue weighted by Gasteiger charge is 2.69. The molecule has 0 aromatic heterocycles. The molecule has 3 rings (SSSR count). The number of fused-ring (bicyclic) bond motifs is 5. The van der Waals surface area contributed by atoms with Crippen LogP contribution in [0.15, 0.2) is 0 Å². The van der Waals surface area contributed by atoms with Crippen LogP contribution in [0.1, 0.15) is 12.8 Å². The number of likely N-dealkylation sites (tertiary alicyclic amines) is 1. The monoisotopic (exact) mass is 249 g/mol. The van der Waals surface area contributed by atoms with Crippen LogP contribution in [0.25, 0.3) is 0 Å². The molecule has 18 heavy (non-hydrogen) atoms. The summed E-state index contributed by atoms with van der Waals surface area (Å²) >= 11 is 0. The number of terminal acetylenes is 1. The van der Waals surface area contributed by atoms with E-state index in [1.807, 2.05) is 0 Å². The van der Waals surface area contributed by atoms with Crippen LogP contribution in [0.5, 0.6) is 0 Å². The first-order valence-electron chi connectivity index (χ1n) is 5.60. The largest absolute Gasteiger partial charge is 0.465 e. The normalized spacial score (nSPS) is 36.6. The zero-order valence-corrected chi connectivity index (χ0v) is 9.42. The van der Waals surface area contributed by atoms with Crippen LogP contribution in [0.4, 0.5) is 9.59 Å². The smallest absolute Gasteiger partial charge is 0.407 e. The average Bonchev–Trinajstić information content (AvgIpc) is 2.90. The zero-order valence-electron chi connectivity index (χ0n) is 9.42. The Balaban J connectivity index is 2.08. The Bertz CT molecular complexity index is 511. The second-order valence-electron chi connectivity index (χ2n) is 4.77. The molecule has 4 amide bonds. The van der Waals surface area contributed by atoms with Gasteiger partial charge in [0.15, 0.2) is 5.54 Å². The number of piperazine rings is 1. The number of hydrogen-bond donors (Lipinski definition) is 2. The maximum absolute atomic E-state index is 12.0. The summed E-state index contributed by atoms with van der Waals surface area (Å²) in [5, 5.41) is 11.4. The van der Waals surface area contributed by atoms with Crippen molar-refractivity contribution in [1.82, 2.24) is 15.1 Å². The Kier molecular flexibility index (Phi) is 1.91. The summed E-state index contributed by atoms with van der Waals surface area (Å²) in [5.74, 6) is 1.91. The molecule has 0 saturated carbocycles. The van der Waals surface area contributed by atoms with Crippen molar-refractivity contribution in [1.29, 1.82) is 0 Å². The molecule has 3 fully saturated rings. The van der Waals surface area contributed by atoms with E-state index in [2.05, 4.69) is 11.2 Å². The van der Waals surface area contributed by atoms with Crippen LogP contribution in [-0.2, 0) is 4.79 Å². The van der Waals surface area contributed by atoms with Gasteiger partial charge in [0.05, 0.1) is 12.1 Å². The third kappa shape index (κ3) is 0.984. The van der Waals surface area contributed by atoms with Crippen molar-refractivity contribution >= 4 is 18.0 Å². The molecule has 3 heterocycles. The minimum atomic E-state index is -1.20. The first-order valence-corrected chi connectivity index (χ1v) is 5.60. The van der Waals surface area contributed by atoms with Crippen LogP contribution in [0.3, 0.4) is 0 Å². The number of carbonyl (C=O) groups is 3. The van der Waals surface area contributed by atoms with E-state index in [4.69, 9.17) is 11.5 Å². The summed E-state index contributed by atoms with van der Waals surface area (Å²) in [7, 11) is 0. The van der Waals surface area contributed by atoms with Crippen molar-refractivity contribution in [2.45, 2.75) is 30.5 Å². The van der Waals surface area contributed by atoms with Gasteiger partial charge in [-0.05, 0) is 6.42 Å². The number of hydrogen-bond acceptors (Lipinski definition) is 3. The number of nitrogens with zero attached hydrogens (tertiary/aromatic N) is 2. The average molecular weight is 249 g/mol. The number of nitrogens with one attached hydrogen (secondary N) is 1. The van der Waals surface area contributed by atoms with Gasteiger partial charge in [-0.2, -0.15) is 0 Å². The van der Waals surface area contributed by atoms with E-state index in [9.17, 15) is 14.4 Å². The van der Waals surface area contributed by atoms with Gasteiger partial charge in [0.1, 0.15) is 0 Å². The Morgan fingerprint density at radius 2 is 2.33 bits per heavy atom. The van der Waals surface area contributed by atoms with Gasteiger partial charge in [0.2, 0.25) is 0 Å². The van der Waals surface area contributed by atoms with E-state index in [-0.39, 0.29) is 19.0 Å². The van der Waals surface area contributed by atoms with Gasteiger partial charge in [-0.15, -0.1) is 12.3 Å². The molecule has 2 bridgehead atoms. The van der Waals surface area contributed by atoms with Crippen molar-refractivity contribution in [3.05, 3.63) is 0 Å². The van der Waals surface area contributed by atoms with Crippen LogP contribution in [-0.4, -0.2) is 57.1 Å². The van der Waals surface area contributed by atoms with Gasteiger partial charge >= 0.3 is 12.1 Å². The van der Waals surface area contributed by atoms with E-state index in [1.54, 1.807) is 0 Å². The fourth-order valence-electron chi connectivity index (χ4n) is 3.46. The summed E-state index contributed by atoms with van der Waals surface area (Å²) in [5.41, 5.74) is -1.20. The fourth-order valence-corrected chi connectivity index (χ4v) is 3.46. The van der Waals surface area contributed by atoms with Crippen LogP contribution < -0.4 is 5.32 Å². The molecule has 3 unspecified atom stereocenters. The van der Waals surface area contributed by atoms with Crippen LogP contribution >= 0.6 is 0 Å². The molecule has 3 aliphatic rings. The lowest BCUT2D eigenvalue weighted by Gasteiger charge is -2.42. The fraction of sp³-hybridized carbons (Fsp3) is 0.545. The highest BCUT2D eigenvalue weighted by atomic mass is 16.4. The lowest BCUT2D eigenvalue weighted by atomic mass is 9.87. The second kappa shape index (κ2) is 3.16. The summed E-state index contributed by atoms with van der Waals surface area (Å²) in [6.45, 7) is 0.243. The van der Waals surface area contributed by atoms with Crippen molar-refractivity contribution in [2.24, 2.45) is 0 Å². The zero-order chi connectivity index (χ0) is 13.1. The van der Waals surface area contributed by atoms with Crippen LogP contribution in [0, 0.1) is 12.3 Å². The van der Waals surface area contributed by atoms with Gasteiger partial charge in [-0.25, -0.2) is 9.59 Å². The highest BCUT2D eigenvalue weighted by molar-refractivity contribution is 6.09. The number of imide groups is 1. The SMILES string of the molecule is C#CCC12C(=O)NC(=O)N1C1CC2N(C(=O)O)C1. The molecule has 7 heteroatoms. The molecule has 0 aromatic rings. The Hall–Kier alpha value is -2.23. The lowest BCUT2D eigenvalue weighted by molar-refractivity contribution is -0.129. The number of carbonyl (C=O) groups excluding carboxylic acids is 2. The van der Waals surface area contributed by atoms with Crippen molar-refractivity contribution in [2.75, 3.05) is 6.54 Å². The molecule has 0 aliphatic carbocycles. The van der Waals surface area contributed by atoms with E-state index < -0.39 is 29.6 Å². The molecular weight excluding hydrogens is 238 g/mol. The summed E-state index contributed by atoms with van der Waals surface area (Å²) in [4.78, 5) is 37.6. The number of urea groups is 1. The summed E-state index contributed by atoms with van der Waals surface area (Å²) in [6.07, 6.45) is 4.72. The maximum atomic E-state index is 12.0. The van der Waals surface area contributed by atoms with Crippen LogP contribution in [0.2, 0.25) is 0 Å². The lowest BCUT2D eigenvalue weighted by Crippen LogP contribution is -2.64. The molecule has 2 N–H and O–H groups in total. The number of amides is 4. The summed E-state index contributed by atoms with van der Waals surface area (Å²) in [6, 6.07) is -1.26. The standard InChI is InChI=1S/C11H11N3O4/c1-2-3-11-7-4-6(5-13(7)10(17)18)14(11)9(16)12-8(11)15/h1,6-7H,3-5H2,(H,17,18)(H,12,15,16). The van der Waals surface area contributed by atoms with E-state index >= 15 is 0 Å². The van der Waals surface area contributed by atoms with Gasteiger partial charge in [0.25, 0.3) is 5.91 Å². The minimum absolute atomic E-state index is 0.0372. The highest BCUT2D eigenvalue weighted by Crippen LogP contribution is 2.47. The topological polar surface area (TPSA) is 90.0 Å². The Morgan fingerprint density at radius 3 is 2.94 bits per heavy atom. The molecule has 3 aliphatic heterocycles. The number of rotatable bonds is 1. The molecule has 0 aromatic carbocycles. The van der Waals surface area contributed by atoms with E-state index in [1.165, 1.54) is 9.80 Å². The molecule has 0 spiro atoms. The Morgan fingerprint density at radius 1 is 1.61 bits per heavy atom. The van der Waals surface area contributed by atoms with Crippen molar-refractivity contribution < 1.29 is 19.5 Å². The molecule has 3 atom stereocenters. The molecule has 7 nitrogen and oxygen atoms in total. The summed E-state index contributed by atoms with van der Waals surface area (Å²) < 4.78 is 0. The Labute approximate surface area is 103 Å². The predicted molar refractivity (Wildman–Crippen MR) is 58.5 cm³/mol. The predicted octanol–water partition coefficient (Wildman–Crippen LogP) is -0.565. The molecule has 0 radical (unpaired) electrons. The van der Waals surface area contributed by atoms with Gasteiger partial charge in [0, 0.05) is 13.0 Å². The van der Waals surface area contributed by atoms with E-state index in [0.717, 1.165) is 0 Å². The third-order valence-corrected chi connectivity index (χ3v) is 4.08. The van der Waals surface area contributed by atoms with Gasteiger partial charge in [-0.3, -0.25) is 10.1 Å². The number of carboxylic acid groups (broad SMARTS) is 1. The second-order valence-corrected chi connectivity index (χ2v) is 4.77. The first kappa shape index (κ1) is 10.9. The first-order chi connectivity index (χ1) is 8.52.